The maximum Gasteiger partial charge on any atom is 0.234 e. The standard InChI is InChI=1S/C13H15NO2/c1-3-7(2)14-12(15)10-8-4-5-9(6-8)11(10)13(14)16/h3-5,7-11H,1,6H2,2H3. The first-order chi connectivity index (χ1) is 7.65. The number of hydrogen-bond donors (Lipinski definition) is 0. The largest absolute Gasteiger partial charge is 0.275 e. The molecule has 2 bridgehead atoms. The van der Waals surface area contributed by atoms with Gasteiger partial charge in [-0.15, -0.1) is 6.58 Å². The smallest absolute Gasteiger partial charge is 0.234 e. The molecule has 0 spiro atoms. The number of imide groups is 1. The van der Waals surface area contributed by atoms with Gasteiger partial charge in [0.05, 0.1) is 17.9 Å². The summed E-state index contributed by atoms with van der Waals surface area (Å²) in [6.45, 7) is 5.51. The number of fused-ring (bicyclic) bond motifs is 5. The number of nitrogens with zero attached hydrogens (tertiary/aromatic N) is 1. The molecular formula is C13H15NO2. The van der Waals surface area contributed by atoms with E-state index in [4.69, 9.17) is 0 Å². The quantitative estimate of drug-likeness (QED) is 0.517. The summed E-state index contributed by atoms with van der Waals surface area (Å²) in [5.41, 5.74) is 0. The lowest BCUT2D eigenvalue weighted by Crippen LogP contribution is -2.39. The monoisotopic (exact) mass is 217 g/mol. The average molecular weight is 217 g/mol. The lowest BCUT2D eigenvalue weighted by molar-refractivity contribution is -0.142. The minimum Gasteiger partial charge on any atom is -0.275 e. The molecule has 3 heteroatoms. The van der Waals surface area contributed by atoms with Crippen molar-refractivity contribution in [1.29, 1.82) is 0 Å². The third kappa shape index (κ3) is 0.984. The predicted molar refractivity (Wildman–Crippen MR) is 59.2 cm³/mol. The normalized spacial score (nSPS) is 41.7. The van der Waals surface area contributed by atoms with E-state index in [1.165, 1.54) is 4.90 Å². The highest BCUT2D eigenvalue weighted by Gasteiger charge is 2.59. The highest BCUT2D eigenvalue weighted by atomic mass is 16.2. The molecule has 3 rings (SSSR count). The summed E-state index contributed by atoms with van der Waals surface area (Å²) in [5.74, 6) is 0.468. The Hall–Kier alpha value is -1.38. The molecule has 2 fully saturated rings. The topological polar surface area (TPSA) is 37.4 Å². The number of allylic oxidation sites excluding steroid dienone is 2. The second kappa shape index (κ2) is 3.06. The van der Waals surface area contributed by atoms with E-state index in [9.17, 15) is 9.59 Å². The van der Waals surface area contributed by atoms with Crippen LogP contribution in [-0.4, -0.2) is 22.8 Å². The fourth-order valence-electron chi connectivity index (χ4n) is 3.43. The third-order valence-electron chi connectivity index (χ3n) is 4.25. The molecule has 5 atom stereocenters. The molecular weight excluding hydrogens is 202 g/mol. The van der Waals surface area contributed by atoms with Crippen molar-refractivity contribution in [2.75, 3.05) is 0 Å². The van der Waals surface area contributed by atoms with Gasteiger partial charge in [-0.3, -0.25) is 14.5 Å². The van der Waals surface area contributed by atoms with Crippen LogP contribution in [0.15, 0.2) is 24.8 Å². The van der Waals surface area contributed by atoms with Crippen molar-refractivity contribution in [2.24, 2.45) is 23.7 Å². The van der Waals surface area contributed by atoms with Crippen LogP contribution >= 0.6 is 0 Å². The minimum atomic E-state index is -0.176. The van der Waals surface area contributed by atoms with Gasteiger partial charge in [-0.25, -0.2) is 0 Å². The van der Waals surface area contributed by atoms with Crippen molar-refractivity contribution < 1.29 is 9.59 Å². The molecule has 0 aromatic heterocycles. The number of carbonyl (C=O) groups excluding carboxylic acids is 2. The Labute approximate surface area is 94.8 Å². The molecule has 0 N–H and O–H groups in total. The first-order valence-corrected chi connectivity index (χ1v) is 5.83. The molecule has 1 saturated heterocycles. The lowest BCUT2D eigenvalue weighted by Gasteiger charge is -2.21. The molecule has 1 heterocycles. The minimum absolute atomic E-state index is 0.0132. The van der Waals surface area contributed by atoms with E-state index < -0.39 is 0 Å². The summed E-state index contributed by atoms with van der Waals surface area (Å²) in [6.07, 6.45) is 6.87. The molecule has 16 heavy (non-hydrogen) atoms. The molecule has 3 aliphatic rings. The van der Waals surface area contributed by atoms with Gasteiger partial charge in [0.25, 0.3) is 0 Å². The van der Waals surface area contributed by atoms with Gasteiger partial charge in [-0.2, -0.15) is 0 Å². The number of carbonyl (C=O) groups is 2. The third-order valence-corrected chi connectivity index (χ3v) is 4.25. The van der Waals surface area contributed by atoms with E-state index in [1.807, 2.05) is 6.92 Å². The Morgan fingerprint density at radius 3 is 2.25 bits per heavy atom. The van der Waals surface area contributed by atoms with Gasteiger partial charge < -0.3 is 0 Å². The maximum atomic E-state index is 12.2. The summed E-state index contributed by atoms with van der Waals surface area (Å²) in [7, 11) is 0. The Morgan fingerprint density at radius 2 is 1.81 bits per heavy atom. The van der Waals surface area contributed by atoms with Crippen LogP contribution < -0.4 is 0 Å². The Morgan fingerprint density at radius 1 is 1.31 bits per heavy atom. The van der Waals surface area contributed by atoms with Crippen LogP contribution in [0.2, 0.25) is 0 Å². The first-order valence-electron chi connectivity index (χ1n) is 5.83. The lowest BCUT2D eigenvalue weighted by atomic mass is 9.85. The van der Waals surface area contributed by atoms with Crippen molar-refractivity contribution >= 4 is 11.8 Å². The van der Waals surface area contributed by atoms with Crippen molar-refractivity contribution in [3.63, 3.8) is 0 Å². The zero-order chi connectivity index (χ0) is 11.4. The van der Waals surface area contributed by atoms with Gasteiger partial charge >= 0.3 is 0 Å². The van der Waals surface area contributed by atoms with E-state index in [0.717, 1.165) is 6.42 Å². The second-order valence-corrected chi connectivity index (χ2v) is 5.02. The molecule has 0 radical (unpaired) electrons. The van der Waals surface area contributed by atoms with E-state index in [-0.39, 0.29) is 29.7 Å². The Balaban J connectivity index is 1.97. The van der Waals surface area contributed by atoms with Crippen LogP contribution in [0.4, 0.5) is 0 Å². The van der Waals surface area contributed by atoms with E-state index >= 15 is 0 Å². The van der Waals surface area contributed by atoms with Crippen molar-refractivity contribution in [3.8, 4) is 0 Å². The van der Waals surface area contributed by atoms with Crippen LogP contribution in [0.5, 0.6) is 0 Å². The van der Waals surface area contributed by atoms with Crippen molar-refractivity contribution in [2.45, 2.75) is 19.4 Å². The van der Waals surface area contributed by atoms with Crippen LogP contribution in [-0.2, 0) is 9.59 Å². The molecule has 2 amide bonds. The van der Waals surface area contributed by atoms with Crippen molar-refractivity contribution in [1.82, 2.24) is 4.90 Å². The van der Waals surface area contributed by atoms with E-state index in [1.54, 1.807) is 6.08 Å². The van der Waals surface area contributed by atoms with Gasteiger partial charge in [-0.1, -0.05) is 18.2 Å². The van der Waals surface area contributed by atoms with E-state index in [2.05, 4.69) is 18.7 Å². The highest BCUT2D eigenvalue weighted by molar-refractivity contribution is 6.06. The molecule has 3 nitrogen and oxygen atoms in total. The molecule has 2 aliphatic carbocycles. The number of likely N-dealkylation sites (tertiary alicyclic amines) is 1. The first kappa shape index (κ1) is 9.82. The van der Waals surface area contributed by atoms with Crippen LogP contribution in [0.3, 0.4) is 0 Å². The molecule has 1 aliphatic heterocycles. The average Bonchev–Trinajstić information content (AvgIpc) is 2.92. The molecule has 1 saturated carbocycles. The van der Waals surface area contributed by atoms with Crippen molar-refractivity contribution in [3.05, 3.63) is 24.8 Å². The maximum absolute atomic E-state index is 12.2. The Kier molecular flexibility index (Phi) is 1.88. The van der Waals surface area contributed by atoms with Gasteiger partial charge in [0.2, 0.25) is 11.8 Å². The summed E-state index contributed by atoms with van der Waals surface area (Å²) >= 11 is 0. The summed E-state index contributed by atoms with van der Waals surface area (Å²) in [6, 6.07) is -0.176. The zero-order valence-corrected chi connectivity index (χ0v) is 9.30. The number of rotatable bonds is 2. The summed E-state index contributed by atoms with van der Waals surface area (Å²) < 4.78 is 0. The number of amides is 2. The van der Waals surface area contributed by atoms with Crippen LogP contribution in [0.25, 0.3) is 0 Å². The van der Waals surface area contributed by atoms with Crippen LogP contribution in [0.1, 0.15) is 13.3 Å². The van der Waals surface area contributed by atoms with E-state index in [0.29, 0.717) is 11.8 Å². The molecule has 0 aromatic carbocycles. The fourth-order valence-corrected chi connectivity index (χ4v) is 3.43. The fraction of sp³-hybridized carbons (Fsp3) is 0.538. The Bertz CT molecular complexity index is 382. The molecule has 5 unspecified atom stereocenters. The van der Waals surface area contributed by atoms with Crippen LogP contribution in [0, 0.1) is 23.7 Å². The zero-order valence-electron chi connectivity index (χ0n) is 9.30. The molecule has 84 valence electrons. The summed E-state index contributed by atoms with van der Waals surface area (Å²) in [5, 5.41) is 0. The predicted octanol–water partition coefficient (Wildman–Crippen LogP) is 1.37. The van der Waals surface area contributed by atoms with Gasteiger partial charge in [0.15, 0.2) is 0 Å². The SMILES string of the molecule is C=CC(C)N1C(=O)C2C3C=CC(C3)C2C1=O. The van der Waals surface area contributed by atoms with Gasteiger partial charge in [0.1, 0.15) is 0 Å². The highest BCUT2D eigenvalue weighted by Crippen LogP contribution is 2.52. The van der Waals surface area contributed by atoms with Gasteiger partial charge in [-0.05, 0) is 25.2 Å². The second-order valence-electron chi connectivity index (χ2n) is 5.02. The molecule has 0 aromatic rings. The number of hydrogen-bond acceptors (Lipinski definition) is 2. The van der Waals surface area contributed by atoms with Gasteiger partial charge in [0, 0.05) is 0 Å². The summed E-state index contributed by atoms with van der Waals surface area (Å²) in [4.78, 5) is 25.8.